The number of ether oxygens (including phenoxy) is 1. The first-order chi connectivity index (χ1) is 6.57. The summed E-state index contributed by atoms with van der Waals surface area (Å²) in [6.07, 6.45) is 0. The molecule has 0 atom stereocenters. The van der Waals surface area contributed by atoms with E-state index in [1.807, 2.05) is 19.9 Å². The first-order valence-corrected chi connectivity index (χ1v) is 4.82. The Balaban J connectivity index is 3.15. The van der Waals surface area contributed by atoms with Crippen LogP contribution in [0.5, 0.6) is 0 Å². The second kappa shape index (κ2) is 4.67. The second-order valence-electron chi connectivity index (χ2n) is 3.00. The van der Waals surface area contributed by atoms with Gasteiger partial charge in [-0.05, 0) is 31.0 Å². The second-order valence-corrected chi connectivity index (χ2v) is 3.79. The summed E-state index contributed by atoms with van der Waals surface area (Å²) in [5.41, 5.74) is 2.54. The molecular formula is C10H10Cl2O2. The molecule has 0 saturated carbocycles. The number of rotatable bonds is 3. The lowest BCUT2D eigenvalue weighted by Gasteiger charge is -2.11. The summed E-state index contributed by atoms with van der Waals surface area (Å²) in [6, 6.07) is 1.81. The smallest absolute Gasteiger partial charge is 0.293 e. The standard InChI is InChI=1S/C10H10Cl2O2/c1-6-3-9(11)7(2)10(12)8(6)4-14-5-13/h3,5H,4H2,1-2H3. The summed E-state index contributed by atoms with van der Waals surface area (Å²) in [4.78, 5) is 10.1. The van der Waals surface area contributed by atoms with Gasteiger partial charge < -0.3 is 4.74 Å². The molecule has 2 nitrogen and oxygen atoms in total. The number of aryl methyl sites for hydroxylation is 1. The number of hydrogen-bond donors (Lipinski definition) is 0. The lowest BCUT2D eigenvalue weighted by molar-refractivity contribution is -0.129. The first-order valence-electron chi connectivity index (χ1n) is 4.07. The summed E-state index contributed by atoms with van der Waals surface area (Å²) in [5.74, 6) is 0. The minimum atomic E-state index is 0.187. The summed E-state index contributed by atoms with van der Waals surface area (Å²) in [5, 5.41) is 1.19. The van der Waals surface area contributed by atoms with Gasteiger partial charge in [0, 0.05) is 10.6 Å². The molecule has 1 aromatic carbocycles. The molecule has 0 aliphatic carbocycles. The van der Waals surface area contributed by atoms with Crippen molar-refractivity contribution in [2.24, 2.45) is 0 Å². The van der Waals surface area contributed by atoms with E-state index in [2.05, 4.69) is 4.74 Å². The summed E-state index contributed by atoms with van der Waals surface area (Å²) >= 11 is 12.0. The molecule has 1 aromatic rings. The number of carbonyl (C=O) groups is 1. The molecule has 14 heavy (non-hydrogen) atoms. The predicted octanol–water partition coefficient (Wildman–Crippen LogP) is 3.28. The van der Waals surface area contributed by atoms with E-state index in [-0.39, 0.29) is 6.61 Å². The van der Waals surface area contributed by atoms with E-state index in [4.69, 9.17) is 23.2 Å². The third kappa shape index (κ3) is 2.20. The van der Waals surface area contributed by atoms with Crippen LogP contribution in [-0.4, -0.2) is 6.47 Å². The molecule has 0 unspecified atom stereocenters. The third-order valence-corrected chi connectivity index (χ3v) is 2.97. The molecule has 0 spiro atoms. The maximum Gasteiger partial charge on any atom is 0.293 e. The average molecular weight is 233 g/mol. The number of halogens is 2. The van der Waals surface area contributed by atoms with E-state index >= 15 is 0 Å². The van der Waals surface area contributed by atoms with E-state index < -0.39 is 0 Å². The quantitative estimate of drug-likeness (QED) is 0.749. The van der Waals surface area contributed by atoms with Gasteiger partial charge in [0.2, 0.25) is 0 Å². The molecule has 0 aliphatic rings. The van der Waals surface area contributed by atoms with Crippen molar-refractivity contribution >= 4 is 29.7 Å². The fraction of sp³-hybridized carbons (Fsp3) is 0.300. The van der Waals surface area contributed by atoms with Crippen molar-refractivity contribution in [3.63, 3.8) is 0 Å². The van der Waals surface area contributed by atoms with Crippen LogP contribution in [-0.2, 0) is 16.1 Å². The van der Waals surface area contributed by atoms with Crippen molar-refractivity contribution in [3.05, 3.63) is 32.8 Å². The van der Waals surface area contributed by atoms with Crippen LogP contribution in [0.2, 0.25) is 10.0 Å². The van der Waals surface area contributed by atoms with Gasteiger partial charge in [-0.15, -0.1) is 0 Å². The van der Waals surface area contributed by atoms with Gasteiger partial charge in [0.25, 0.3) is 6.47 Å². The maximum absolute atomic E-state index is 10.1. The van der Waals surface area contributed by atoms with Gasteiger partial charge in [-0.3, -0.25) is 4.79 Å². The van der Waals surface area contributed by atoms with Gasteiger partial charge in [-0.25, -0.2) is 0 Å². The Kier molecular flexibility index (Phi) is 3.78. The maximum atomic E-state index is 10.1. The largest absolute Gasteiger partial charge is 0.463 e. The molecule has 1 rings (SSSR count). The zero-order valence-corrected chi connectivity index (χ0v) is 9.45. The topological polar surface area (TPSA) is 26.3 Å². The SMILES string of the molecule is Cc1cc(Cl)c(C)c(Cl)c1COC=O. The van der Waals surface area contributed by atoms with Gasteiger partial charge >= 0.3 is 0 Å². The highest BCUT2D eigenvalue weighted by molar-refractivity contribution is 6.36. The highest BCUT2D eigenvalue weighted by atomic mass is 35.5. The summed E-state index contributed by atoms with van der Waals surface area (Å²) in [6.45, 7) is 4.29. The van der Waals surface area contributed by atoms with Gasteiger partial charge in [0.05, 0.1) is 5.02 Å². The molecular weight excluding hydrogens is 223 g/mol. The van der Waals surface area contributed by atoms with Crippen LogP contribution in [0.3, 0.4) is 0 Å². The highest BCUT2D eigenvalue weighted by Gasteiger charge is 2.10. The molecule has 0 aromatic heterocycles. The first kappa shape index (κ1) is 11.3. The van der Waals surface area contributed by atoms with Gasteiger partial charge in [0.1, 0.15) is 6.61 Å². The fourth-order valence-electron chi connectivity index (χ4n) is 1.18. The minimum Gasteiger partial charge on any atom is -0.463 e. The van der Waals surface area contributed by atoms with Gasteiger partial charge in [0.15, 0.2) is 0 Å². The van der Waals surface area contributed by atoms with E-state index in [1.165, 1.54) is 0 Å². The molecule has 0 aliphatic heterocycles. The van der Waals surface area contributed by atoms with Gasteiger partial charge in [-0.1, -0.05) is 23.2 Å². The van der Waals surface area contributed by atoms with E-state index in [0.717, 1.165) is 16.7 Å². The number of carbonyl (C=O) groups excluding carboxylic acids is 1. The Morgan fingerprint density at radius 2 is 2.07 bits per heavy atom. The Bertz CT molecular complexity index is 362. The molecule has 4 heteroatoms. The monoisotopic (exact) mass is 232 g/mol. The molecule has 0 amide bonds. The zero-order chi connectivity index (χ0) is 10.7. The molecule has 0 fully saturated rings. The Morgan fingerprint density at radius 1 is 1.43 bits per heavy atom. The summed E-state index contributed by atoms with van der Waals surface area (Å²) in [7, 11) is 0. The van der Waals surface area contributed by atoms with Crippen LogP contribution < -0.4 is 0 Å². The Morgan fingerprint density at radius 3 is 2.64 bits per heavy atom. The molecule has 0 heterocycles. The number of hydrogen-bond acceptors (Lipinski definition) is 2. The lowest BCUT2D eigenvalue weighted by Crippen LogP contribution is -1.97. The lowest BCUT2D eigenvalue weighted by atomic mass is 10.1. The molecule has 0 radical (unpaired) electrons. The third-order valence-electron chi connectivity index (χ3n) is 2.07. The van der Waals surface area contributed by atoms with Gasteiger partial charge in [-0.2, -0.15) is 0 Å². The van der Waals surface area contributed by atoms with Crippen molar-refractivity contribution in [3.8, 4) is 0 Å². The zero-order valence-electron chi connectivity index (χ0n) is 7.93. The fourth-order valence-corrected chi connectivity index (χ4v) is 1.80. The normalized spacial score (nSPS) is 10.0. The molecule has 0 saturated heterocycles. The molecule has 0 N–H and O–H groups in total. The van der Waals surface area contributed by atoms with Crippen molar-refractivity contribution in [2.75, 3.05) is 0 Å². The van der Waals surface area contributed by atoms with Crippen LogP contribution in [0.25, 0.3) is 0 Å². The van der Waals surface area contributed by atoms with Crippen LogP contribution >= 0.6 is 23.2 Å². The van der Waals surface area contributed by atoms with Crippen molar-refractivity contribution in [1.82, 2.24) is 0 Å². The minimum absolute atomic E-state index is 0.187. The average Bonchev–Trinajstić information content (AvgIpc) is 2.14. The Hall–Kier alpha value is -0.730. The van der Waals surface area contributed by atoms with E-state index in [0.29, 0.717) is 16.5 Å². The van der Waals surface area contributed by atoms with Crippen molar-refractivity contribution in [1.29, 1.82) is 0 Å². The van der Waals surface area contributed by atoms with Crippen LogP contribution in [0.4, 0.5) is 0 Å². The number of benzene rings is 1. The van der Waals surface area contributed by atoms with Crippen LogP contribution in [0.15, 0.2) is 6.07 Å². The summed E-state index contributed by atoms with van der Waals surface area (Å²) < 4.78 is 4.67. The van der Waals surface area contributed by atoms with Crippen molar-refractivity contribution in [2.45, 2.75) is 20.5 Å². The van der Waals surface area contributed by atoms with E-state index in [1.54, 1.807) is 0 Å². The molecule has 0 bridgehead atoms. The van der Waals surface area contributed by atoms with E-state index in [9.17, 15) is 4.79 Å². The highest BCUT2D eigenvalue weighted by Crippen LogP contribution is 2.30. The van der Waals surface area contributed by atoms with Crippen LogP contribution in [0, 0.1) is 13.8 Å². The Labute approximate surface area is 92.8 Å². The van der Waals surface area contributed by atoms with Crippen molar-refractivity contribution < 1.29 is 9.53 Å². The predicted molar refractivity (Wildman–Crippen MR) is 56.8 cm³/mol. The van der Waals surface area contributed by atoms with Crippen LogP contribution in [0.1, 0.15) is 16.7 Å². The molecule has 76 valence electrons.